The summed E-state index contributed by atoms with van der Waals surface area (Å²) in [5.74, 6) is 1.78. The first-order chi connectivity index (χ1) is 26.7. The molecule has 0 bridgehead atoms. The Morgan fingerprint density at radius 2 is 1.07 bits per heavy atom. The zero-order chi connectivity index (χ0) is 35.6. The lowest BCUT2D eigenvalue weighted by Gasteiger charge is -2.13. The van der Waals surface area contributed by atoms with E-state index in [1.807, 2.05) is 54.6 Å². The fraction of sp³-hybridized carbons (Fsp3) is 0. The number of fused-ring (bicyclic) bond motifs is 7. The van der Waals surface area contributed by atoms with Crippen molar-refractivity contribution in [3.63, 3.8) is 0 Å². The van der Waals surface area contributed by atoms with E-state index in [-0.39, 0.29) is 0 Å². The molecule has 7 aromatic carbocycles. The van der Waals surface area contributed by atoms with Crippen LogP contribution in [0.25, 0.3) is 105 Å². The Morgan fingerprint density at radius 1 is 0.407 bits per heavy atom. The molecule has 0 aliphatic heterocycles. The summed E-state index contributed by atoms with van der Waals surface area (Å²) in [6.45, 7) is 0. The van der Waals surface area contributed by atoms with Gasteiger partial charge in [-0.25, -0.2) is 15.0 Å². The standard InChI is InChI=1S/C48H29N5O/c1-2-10-31(11-3-1)46-50-47(34-20-23-38-39-24-25-49-29-45(39)54-44(38)28-34)52-48(51-46)40-16-7-6-14-36(40)30-18-21-35(22-19-30)53-42-17-9-8-15-37(42)41-26-32-12-4-5-13-33(32)27-43(41)53/h1-29H. The average Bonchev–Trinajstić information content (AvgIpc) is 3.78. The first kappa shape index (κ1) is 30.2. The van der Waals surface area contributed by atoms with E-state index in [1.165, 1.54) is 32.6 Å². The number of aromatic nitrogens is 5. The van der Waals surface area contributed by atoms with Crippen LogP contribution >= 0.6 is 0 Å². The number of nitrogens with zero attached hydrogens (tertiary/aromatic N) is 5. The second kappa shape index (κ2) is 12.1. The van der Waals surface area contributed by atoms with Gasteiger partial charge in [0.25, 0.3) is 0 Å². The summed E-state index contributed by atoms with van der Waals surface area (Å²) in [7, 11) is 0. The molecule has 0 N–H and O–H groups in total. The molecule has 0 spiro atoms. The summed E-state index contributed by atoms with van der Waals surface area (Å²) in [6.07, 6.45) is 3.53. The van der Waals surface area contributed by atoms with Crippen LogP contribution in [-0.2, 0) is 0 Å². The number of hydrogen-bond acceptors (Lipinski definition) is 5. The number of pyridine rings is 1. The number of benzene rings is 7. The highest BCUT2D eigenvalue weighted by atomic mass is 16.3. The lowest BCUT2D eigenvalue weighted by atomic mass is 9.98. The zero-order valence-electron chi connectivity index (χ0n) is 28.9. The van der Waals surface area contributed by atoms with Crippen LogP contribution in [0.5, 0.6) is 0 Å². The van der Waals surface area contributed by atoms with Crippen molar-refractivity contribution in [3.05, 3.63) is 176 Å². The number of rotatable bonds is 5. The third-order valence-electron chi connectivity index (χ3n) is 10.3. The molecule has 0 atom stereocenters. The highest BCUT2D eigenvalue weighted by molar-refractivity contribution is 6.13. The van der Waals surface area contributed by atoms with Gasteiger partial charge in [0.2, 0.25) is 0 Å². The van der Waals surface area contributed by atoms with E-state index in [1.54, 1.807) is 12.4 Å². The smallest absolute Gasteiger partial charge is 0.164 e. The maximum Gasteiger partial charge on any atom is 0.164 e. The third-order valence-corrected chi connectivity index (χ3v) is 10.3. The molecule has 11 rings (SSSR count). The number of furan rings is 1. The van der Waals surface area contributed by atoms with Crippen molar-refractivity contribution in [1.29, 1.82) is 0 Å². The highest BCUT2D eigenvalue weighted by Crippen LogP contribution is 2.38. The molecule has 0 saturated heterocycles. The van der Waals surface area contributed by atoms with Gasteiger partial charge < -0.3 is 8.98 Å². The Bertz CT molecular complexity index is 3220. The van der Waals surface area contributed by atoms with E-state index in [4.69, 9.17) is 19.4 Å². The Morgan fingerprint density at radius 3 is 1.93 bits per heavy atom. The second-order valence-electron chi connectivity index (χ2n) is 13.5. The first-order valence-corrected chi connectivity index (χ1v) is 18.0. The predicted octanol–water partition coefficient (Wildman–Crippen LogP) is 12.1. The van der Waals surface area contributed by atoms with Crippen LogP contribution in [0.15, 0.2) is 181 Å². The van der Waals surface area contributed by atoms with Crippen LogP contribution in [0.1, 0.15) is 0 Å². The molecule has 4 heterocycles. The molecule has 0 aliphatic carbocycles. The van der Waals surface area contributed by atoms with Gasteiger partial charge in [-0.15, -0.1) is 0 Å². The Kier molecular flexibility index (Phi) is 6.75. The maximum absolute atomic E-state index is 6.19. The van der Waals surface area contributed by atoms with Crippen LogP contribution in [0.4, 0.5) is 0 Å². The molecule has 54 heavy (non-hydrogen) atoms. The molecular formula is C48H29N5O. The van der Waals surface area contributed by atoms with Crippen LogP contribution in [0.3, 0.4) is 0 Å². The Balaban J connectivity index is 1.04. The van der Waals surface area contributed by atoms with Gasteiger partial charge in [0.05, 0.1) is 17.2 Å². The minimum absolute atomic E-state index is 0.573. The lowest BCUT2D eigenvalue weighted by molar-refractivity contribution is 0.667. The molecule has 0 fully saturated rings. The number of hydrogen-bond donors (Lipinski definition) is 0. The van der Waals surface area contributed by atoms with Gasteiger partial charge in [0, 0.05) is 50.1 Å². The van der Waals surface area contributed by atoms with Crippen molar-refractivity contribution in [2.45, 2.75) is 0 Å². The minimum atomic E-state index is 0.573. The molecule has 0 aliphatic rings. The van der Waals surface area contributed by atoms with Gasteiger partial charge in [0.15, 0.2) is 23.1 Å². The molecule has 0 amide bonds. The van der Waals surface area contributed by atoms with E-state index in [0.29, 0.717) is 17.5 Å². The van der Waals surface area contributed by atoms with E-state index < -0.39 is 0 Å². The molecule has 252 valence electrons. The fourth-order valence-electron chi connectivity index (χ4n) is 7.77. The highest BCUT2D eigenvalue weighted by Gasteiger charge is 2.18. The SMILES string of the molecule is c1ccc(-c2nc(-c3ccc4c(c3)oc3cnccc34)nc(-c3ccccc3-c3ccc(-n4c5ccccc5c5cc6ccccc6cc54)cc3)n2)cc1. The Hall–Kier alpha value is -7.44. The first-order valence-electron chi connectivity index (χ1n) is 18.0. The van der Waals surface area contributed by atoms with Crippen molar-refractivity contribution in [1.82, 2.24) is 24.5 Å². The quantitative estimate of drug-likeness (QED) is 0.180. The van der Waals surface area contributed by atoms with Gasteiger partial charge in [-0.3, -0.25) is 4.98 Å². The molecule has 0 saturated carbocycles. The second-order valence-corrected chi connectivity index (χ2v) is 13.5. The van der Waals surface area contributed by atoms with Gasteiger partial charge in [-0.05, 0) is 70.4 Å². The van der Waals surface area contributed by atoms with Crippen molar-refractivity contribution in [2.75, 3.05) is 0 Å². The molecule has 6 nitrogen and oxygen atoms in total. The van der Waals surface area contributed by atoms with E-state index in [2.05, 4.69) is 119 Å². The van der Waals surface area contributed by atoms with Gasteiger partial charge in [0.1, 0.15) is 5.58 Å². The third kappa shape index (κ3) is 4.89. The average molecular weight is 692 g/mol. The van der Waals surface area contributed by atoms with Crippen molar-refractivity contribution < 1.29 is 4.42 Å². The van der Waals surface area contributed by atoms with Gasteiger partial charge >= 0.3 is 0 Å². The minimum Gasteiger partial charge on any atom is -0.454 e. The van der Waals surface area contributed by atoms with Crippen LogP contribution in [0.2, 0.25) is 0 Å². The van der Waals surface area contributed by atoms with E-state index in [9.17, 15) is 0 Å². The maximum atomic E-state index is 6.19. The summed E-state index contributed by atoms with van der Waals surface area (Å²) < 4.78 is 8.56. The van der Waals surface area contributed by atoms with Crippen molar-refractivity contribution >= 4 is 54.5 Å². The topological polar surface area (TPSA) is 69.6 Å². The molecule has 11 aromatic rings. The van der Waals surface area contributed by atoms with Gasteiger partial charge in [-0.2, -0.15) is 0 Å². The molecule has 0 unspecified atom stereocenters. The van der Waals surface area contributed by atoms with Gasteiger partial charge in [-0.1, -0.05) is 115 Å². The monoisotopic (exact) mass is 691 g/mol. The predicted molar refractivity (Wildman–Crippen MR) is 218 cm³/mol. The lowest BCUT2D eigenvalue weighted by Crippen LogP contribution is -2.01. The van der Waals surface area contributed by atoms with Crippen molar-refractivity contribution in [3.8, 4) is 51.0 Å². The van der Waals surface area contributed by atoms with E-state index in [0.717, 1.165) is 55.4 Å². The normalized spacial score (nSPS) is 11.7. The van der Waals surface area contributed by atoms with E-state index >= 15 is 0 Å². The molecule has 0 radical (unpaired) electrons. The zero-order valence-corrected chi connectivity index (χ0v) is 28.9. The summed E-state index contributed by atoms with van der Waals surface area (Å²) >= 11 is 0. The van der Waals surface area contributed by atoms with Crippen molar-refractivity contribution in [2.24, 2.45) is 0 Å². The summed E-state index contributed by atoms with van der Waals surface area (Å²) in [5.41, 5.74) is 9.76. The summed E-state index contributed by atoms with van der Waals surface area (Å²) in [4.78, 5) is 19.4. The molecule has 4 aromatic heterocycles. The number of para-hydroxylation sites is 1. The molecule has 6 heteroatoms. The summed E-state index contributed by atoms with van der Waals surface area (Å²) in [5, 5.41) is 7.00. The fourth-order valence-corrected chi connectivity index (χ4v) is 7.77. The van der Waals surface area contributed by atoms with Crippen LogP contribution < -0.4 is 0 Å². The molecular weight excluding hydrogens is 663 g/mol. The van der Waals surface area contributed by atoms with Crippen LogP contribution in [-0.4, -0.2) is 24.5 Å². The summed E-state index contributed by atoms with van der Waals surface area (Å²) in [6, 6.07) is 57.1. The largest absolute Gasteiger partial charge is 0.454 e. The van der Waals surface area contributed by atoms with Crippen LogP contribution in [0, 0.1) is 0 Å². The Labute approximate surface area is 309 Å².